The van der Waals surface area contributed by atoms with E-state index in [4.69, 9.17) is 0 Å². The number of piperidine rings is 1. The quantitative estimate of drug-likeness (QED) is 0.803. The van der Waals surface area contributed by atoms with Crippen molar-refractivity contribution in [3.05, 3.63) is 35.9 Å². The van der Waals surface area contributed by atoms with Crippen molar-refractivity contribution in [3.8, 4) is 0 Å². The molecule has 27 heavy (non-hydrogen) atoms. The molecule has 0 radical (unpaired) electrons. The number of aromatic nitrogens is 4. The van der Waals surface area contributed by atoms with Crippen LogP contribution in [0.15, 0.2) is 18.7 Å². The van der Waals surface area contributed by atoms with E-state index in [1.165, 1.54) is 19.2 Å². The first-order chi connectivity index (χ1) is 13.0. The molecule has 1 aliphatic heterocycles. The van der Waals surface area contributed by atoms with E-state index in [1.807, 2.05) is 25.8 Å². The number of likely N-dealkylation sites (N-methyl/N-ethyl adjacent to an activating group) is 1. The smallest absolute Gasteiger partial charge is 0.187 e. The number of hydrogen-bond donors (Lipinski definition) is 0. The lowest BCUT2D eigenvalue weighted by atomic mass is 10.0. The van der Waals surface area contributed by atoms with Crippen molar-refractivity contribution < 1.29 is 4.39 Å². The van der Waals surface area contributed by atoms with Crippen LogP contribution >= 0.6 is 0 Å². The van der Waals surface area contributed by atoms with Crippen LogP contribution in [0, 0.1) is 5.82 Å². The molecule has 144 valence electrons. The number of hydrogen-bond acceptors (Lipinski definition) is 6. The number of anilines is 2. The molecule has 1 unspecified atom stereocenters. The topological polar surface area (TPSA) is 58.0 Å². The minimum absolute atomic E-state index is 0.0323. The first-order valence-corrected chi connectivity index (χ1v) is 9.84. The highest BCUT2D eigenvalue weighted by Gasteiger charge is 2.29. The largest absolute Gasteiger partial charge is 0.354 e. The van der Waals surface area contributed by atoms with Crippen LogP contribution in [0.2, 0.25) is 0 Å². The highest BCUT2D eigenvalue weighted by molar-refractivity contribution is 5.45. The van der Waals surface area contributed by atoms with Crippen molar-refractivity contribution in [3.63, 3.8) is 0 Å². The Morgan fingerprint density at radius 1 is 1.11 bits per heavy atom. The number of nitrogens with zero attached hydrogens (tertiary/aromatic N) is 6. The van der Waals surface area contributed by atoms with Crippen molar-refractivity contribution >= 4 is 11.6 Å². The molecule has 6 nitrogen and oxygen atoms in total. The van der Waals surface area contributed by atoms with Gasteiger partial charge in [-0.15, -0.1) is 0 Å². The monoisotopic (exact) mass is 370 g/mol. The average Bonchev–Trinajstić information content (AvgIpc) is 3.53. The van der Waals surface area contributed by atoms with Gasteiger partial charge < -0.3 is 9.80 Å². The average molecular weight is 370 g/mol. The van der Waals surface area contributed by atoms with Crippen molar-refractivity contribution in [2.45, 2.75) is 57.4 Å². The maximum absolute atomic E-state index is 14.9. The highest BCUT2D eigenvalue weighted by atomic mass is 19.1. The minimum Gasteiger partial charge on any atom is -0.354 e. The van der Waals surface area contributed by atoms with Gasteiger partial charge in [-0.25, -0.2) is 24.3 Å². The summed E-state index contributed by atoms with van der Waals surface area (Å²) in [7, 11) is 1.93. The highest BCUT2D eigenvalue weighted by Crippen LogP contribution is 2.39. The molecule has 1 saturated heterocycles. The minimum atomic E-state index is -0.301. The summed E-state index contributed by atoms with van der Waals surface area (Å²) in [6.45, 7) is 5.67. The lowest BCUT2D eigenvalue weighted by molar-refractivity contribution is 0.473. The standard InChI is InChI=1S/C20H27FN6/c1-13(2)19-18(21)20(25-12-24-19)26(3)15-5-4-8-27(10-15)17-9-16(14-6-7-14)22-11-23-17/h9,11-15H,4-8,10H2,1-3H3. The molecule has 0 amide bonds. The van der Waals surface area contributed by atoms with Gasteiger partial charge in [0.2, 0.25) is 0 Å². The van der Waals surface area contributed by atoms with Crippen LogP contribution in [0.1, 0.15) is 62.8 Å². The fourth-order valence-electron chi connectivity index (χ4n) is 3.81. The Bertz CT molecular complexity index is 807. The molecule has 2 fully saturated rings. The van der Waals surface area contributed by atoms with E-state index >= 15 is 0 Å². The Morgan fingerprint density at radius 2 is 1.89 bits per heavy atom. The molecule has 1 atom stereocenters. The van der Waals surface area contributed by atoms with E-state index < -0.39 is 0 Å². The third-order valence-electron chi connectivity index (χ3n) is 5.62. The molecular formula is C20H27FN6. The van der Waals surface area contributed by atoms with Gasteiger partial charge in [-0.3, -0.25) is 0 Å². The van der Waals surface area contributed by atoms with Crippen molar-refractivity contribution in [1.29, 1.82) is 0 Å². The fourth-order valence-corrected chi connectivity index (χ4v) is 3.81. The molecule has 3 heterocycles. The number of rotatable bonds is 5. The first-order valence-electron chi connectivity index (χ1n) is 9.84. The van der Waals surface area contributed by atoms with Gasteiger partial charge in [-0.2, -0.15) is 0 Å². The Hall–Kier alpha value is -2.31. The second-order valence-corrected chi connectivity index (χ2v) is 7.98. The molecule has 2 aromatic rings. The molecular weight excluding hydrogens is 343 g/mol. The SMILES string of the molecule is CC(C)c1ncnc(N(C)C2CCCN(c3cc(C4CC4)ncn3)C2)c1F. The van der Waals surface area contributed by atoms with Gasteiger partial charge in [0, 0.05) is 43.9 Å². The van der Waals surface area contributed by atoms with Gasteiger partial charge in [-0.05, 0) is 31.6 Å². The van der Waals surface area contributed by atoms with Crippen molar-refractivity contribution in [2.75, 3.05) is 29.9 Å². The molecule has 1 aliphatic carbocycles. The lowest BCUT2D eigenvalue weighted by Crippen LogP contribution is -2.47. The maximum atomic E-state index is 14.9. The van der Waals surface area contributed by atoms with E-state index in [2.05, 4.69) is 30.9 Å². The summed E-state index contributed by atoms with van der Waals surface area (Å²) >= 11 is 0. The van der Waals surface area contributed by atoms with E-state index in [1.54, 1.807) is 6.33 Å². The summed E-state index contributed by atoms with van der Waals surface area (Å²) in [5.41, 5.74) is 1.63. The summed E-state index contributed by atoms with van der Waals surface area (Å²) in [4.78, 5) is 21.5. The van der Waals surface area contributed by atoms with Gasteiger partial charge in [0.15, 0.2) is 11.6 Å². The van der Waals surface area contributed by atoms with E-state index in [-0.39, 0.29) is 17.8 Å². The zero-order valence-corrected chi connectivity index (χ0v) is 16.3. The Balaban J connectivity index is 1.53. The Labute approximate surface area is 159 Å². The van der Waals surface area contributed by atoms with Crippen LogP contribution in [-0.4, -0.2) is 46.1 Å². The van der Waals surface area contributed by atoms with Gasteiger partial charge in [0.25, 0.3) is 0 Å². The summed E-state index contributed by atoms with van der Waals surface area (Å²) in [6.07, 6.45) is 7.65. The van der Waals surface area contributed by atoms with E-state index in [0.717, 1.165) is 37.4 Å². The molecule has 0 bridgehead atoms. The van der Waals surface area contributed by atoms with Gasteiger partial charge in [0.1, 0.15) is 18.5 Å². The predicted octanol–water partition coefficient (Wildman–Crippen LogP) is 3.51. The zero-order chi connectivity index (χ0) is 19.0. The molecule has 0 aromatic carbocycles. The van der Waals surface area contributed by atoms with Gasteiger partial charge >= 0.3 is 0 Å². The normalized spacial score (nSPS) is 20.2. The number of halogens is 1. The zero-order valence-electron chi connectivity index (χ0n) is 16.3. The molecule has 0 spiro atoms. The van der Waals surface area contributed by atoms with Crippen LogP contribution in [0.25, 0.3) is 0 Å². The molecule has 0 N–H and O–H groups in total. The lowest BCUT2D eigenvalue weighted by Gasteiger charge is -2.38. The summed E-state index contributed by atoms with van der Waals surface area (Å²) in [6, 6.07) is 2.31. The van der Waals surface area contributed by atoms with Crippen LogP contribution in [0.4, 0.5) is 16.0 Å². The van der Waals surface area contributed by atoms with Gasteiger partial charge in [-0.1, -0.05) is 13.8 Å². The molecule has 2 aliphatic rings. The molecule has 1 saturated carbocycles. The third kappa shape index (κ3) is 3.73. The van der Waals surface area contributed by atoms with Crippen LogP contribution in [0.5, 0.6) is 0 Å². The summed E-state index contributed by atoms with van der Waals surface area (Å²) in [5.74, 6) is 1.72. The van der Waals surface area contributed by atoms with Crippen LogP contribution in [0.3, 0.4) is 0 Å². The third-order valence-corrected chi connectivity index (χ3v) is 5.62. The van der Waals surface area contributed by atoms with E-state index in [9.17, 15) is 4.39 Å². The molecule has 7 heteroatoms. The second-order valence-electron chi connectivity index (χ2n) is 7.98. The molecule has 2 aromatic heterocycles. The van der Waals surface area contributed by atoms with Crippen LogP contribution in [-0.2, 0) is 0 Å². The van der Waals surface area contributed by atoms with Crippen molar-refractivity contribution in [2.24, 2.45) is 0 Å². The van der Waals surface area contributed by atoms with Gasteiger partial charge in [0.05, 0.1) is 5.69 Å². The predicted molar refractivity (Wildman–Crippen MR) is 104 cm³/mol. The molecule has 4 rings (SSSR count). The van der Waals surface area contributed by atoms with Crippen molar-refractivity contribution in [1.82, 2.24) is 19.9 Å². The fraction of sp³-hybridized carbons (Fsp3) is 0.600. The Morgan fingerprint density at radius 3 is 2.63 bits per heavy atom. The Kier molecular flexibility index (Phi) is 4.93. The summed E-state index contributed by atoms with van der Waals surface area (Å²) in [5, 5.41) is 0. The summed E-state index contributed by atoms with van der Waals surface area (Å²) < 4.78 is 14.9. The second kappa shape index (κ2) is 7.37. The maximum Gasteiger partial charge on any atom is 0.187 e. The van der Waals surface area contributed by atoms with E-state index in [0.29, 0.717) is 17.4 Å². The first kappa shape index (κ1) is 18.1. The van der Waals surface area contributed by atoms with Crippen LogP contribution < -0.4 is 9.80 Å².